The second-order valence-electron chi connectivity index (χ2n) is 6.77. The molecule has 0 radical (unpaired) electrons. The van der Waals surface area contributed by atoms with E-state index in [1.165, 1.54) is 5.57 Å². The van der Waals surface area contributed by atoms with E-state index in [0.717, 1.165) is 55.5 Å². The van der Waals surface area contributed by atoms with Crippen LogP contribution in [0.3, 0.4) is 0 Å². The maximum Gasteiger partial charge on any atom is 0.147 e. The molecule has 2 aliphatic rings. The minimum absolute atomic E-state index is 0.143. The lowest BCUT2D eigenvalue weighted by molar-refractivity contribution is 0.148. The van der Waals surface area contributed by atoms with Gasteiger partial charge in [-0.25, -0.2) is 4.52 Å². The standard InChI is InChI=1S/C19H22N4O2/c20-10-15-11-22-23-12-14(13-5-7-24-8-6-13)9-18(19(15)23)25-17-3-1-16(21)2-4-17/h5,9,11-12,16-17H,1-4,6-8,21H2. The fraction of sp³-hybridized carbons (Fsp3) is 0.474. The molecule has 0 amide bonds. The zero-order chi connectivity index (χ0) is 17.2. The maximum atomic E-state index is 9.40. The van der Waals surface area contributed by atoms with Crippen molar-refractivity contribution in [3.8, 4) is 11.8 Å². The topological polar surface area (TPSA) is 85.6 Å². The Morgan fingerprint density at radius 1 is 1.32 bits per heavy atom. The summed E-state index contributed by atoms with van der Waals surface area (Å²) < 4.78 is 13.5. The number of nitrogens with two attached hydrogens (primary N) is 1. The van der Waals surface area contributed by atoms with E-state index in [9.17, 15) is 5.26 Å². The molecule has 0 saturated heterocycles. The highest BCUT2D eigenvalue weighted by Crippen LogP contribution is 2.32. The van der Waals surface area contributed by atoms with Crippen molar-refractivity contribution in [3.05, 3.63) is 35.7 Å². The number of hydrogen-bond acceptors (Lipinski definition) is 5. The third kappa shape index (κ3) is 3.26. The highest BCUT2D eigenvalue weighted by molar-refractivity contribution is 5.75. The van der Waals surface area contributed by atoms with Crippen molar-refractivity contribution in [2.45, 2.75) is 44.2 Å². The van der Waals surface area contributed by atoms with Crippen LogP contribution in [0.25, 0.3) is 11.1 Å². The summed E-state index contributed by atoms with van der Waals surface area (Å²) >= 11 is 0. The molecule has 130 valence electrons. The molecule has 2 aromatic rings. The first-order chi connectivity index (χ1) is 12.2. The van der Waals surface area contributed by atoms with Gasteiger partial charge in [0, 0.05) is 12.2 Å². The molecule has 0 unspecified atom stereocenters. The predicted molar refractivity (Wildman–Crippen MR) is 94.2 cm³/mol. The molecule has 1 saturated carbocycles. The lowest BCUT2D eigenvalue weighted by Crippen LogP contribution is -2.31. The van der Waals surface area contributed by atoms with Gasteiger partial charge >= 0.3 is 0 Å². The zero-order valence-corrected chi connectivity index (χ0v) is 14.1. The van der Waals surface area contributed by atoms with Gasteiger partial charge in [-0.2, -0.15) is 10.4 Å². The monoisotopic (exact) mass is 338 g/mol. The highest BCUT2D eigenvalue weighted by Gasteiger charge is 2.22. The number of ether oxygens (including phenoxy) is 2. The molecule has 25 heavy (non-hydrogen) atoms. The molecule has 3 heterocycles. The van der Waals surface area contributed by atoms with Crippen LogP contribution in [0.2, 0.25) is 0 Å². The van der Waals surface area contributed by atoms with Gasteiger partial charge in [0.05, 0.1) is 25.5 Å². The van der Waals surface area contributed by atoms with E-state index < -0.39 is 0 Å². The summed E-state index contributed by atoms with van der Waals surface area (Å²) in [4.78, 5) is 0. The van der Waals surface area contributed by atoms with Gasteiger partial charge in [-0.3, -0.25) is 0 Å². The first-order valence-corrected chi connectivity index (χ1v) is 8.85. The average molecular weight is 338 g/mol. The first-order valence-electron chi connectivity index (χ1n) is 8.85. The van der Waals surface area contributed by atoms with Crippen molar-refractivity contribution >= 4 is 11.1 Å². The fourth-order valence-electron chi connectivity index (χ4n) is 3.61. The number of pyridine rings is 1. The van der Waals surface area contributed by atoms with E-state index >= 15 is 0 Å². The molecule has 0 aromatic carbocycles. The van der Waals surface area contributed by atoms with Gasteiger partial charge in [-0.15, -0.1) is 0 Å². The average Bonchev–Trinajstić information content (AvgIpc) is 3.08. The van der Waals surface area contributed by atoms with Gasteiger partial charge in [-0.1, -0.05) is 6.08 Å². The van der Waals surface area contributed by atoms with Crippen LogP contribution >= 0.6 is 0 Å². The number of hydrogen-bond donors (Lipinski definition) is 1. The third-order valence-electron chi connectivity index (χ3n) is 5.04. The van der Waals surface area contributed by atoms with E-state index in [4.69, 9.17) is 15.2 Å². The Balaban J connectivity index is 1.72. The van der Waals surface area contributed by atoms with E-state index in [0.29, 0.717) is 12.2 Å². The summed E-state index contributed by atoms with van der Waals surface area (Å²) in [5.41, 5.74) is 9.59. The summed E-state index contributed by atoms with van der Waals surface area (Å²) in [7, 11) is 0. The molecule has 4 rings (SSSR count). The summed E-state index contributed by atoms with van der Waals surface area (Å²) in [5, 5.41) is 13.8. The summed E-state index contributed by atoms with van der Waals surface area (Å²) in [5.74, 6) is 0.736. The molecule has 0 spiro atoms. The molecule has 2 N–H and O–H groups in total. The van der Waals surface area contributed by atoms with Crippen LogP contribution in [0.4, 0.5) is 0 Å². The molecule has 6 nitrogen and oxygen atoms in total. The highest BCUT2D eigenvalue weighted by atomic mass is 16.5. The smallest absolute Gasteiger partial charge is 0.147 e. The van der Waals surface area contributed by atoms with Crippen LogP contribution in [-0.2, 0) is 4.74 Å². The SMILES string of the molecule is N#Cc1cnn2cc(C3=CCOCC3)cc(OC3CCC(N)CC3)c12. The van der Waals surface area contributed by atoms with Crippen LogP contribution in [0.5, 0.6) is 5.75 Å². The quantitative estimate of drug-likeness (QED) is 0.930. The van der Waals surface area contributed by atoms with Gasteiger partial charge in [0.15, 0.2) is 0 Å². The summed E-state index contributed by atoms with van der Waals surface area (Å²) in [6.45, 7) is 1.36. The molecular formula is C19H22N4O2. The van der Waals surface area contributed by atoms with E-state index in [1.807, 2.05) is 12.3 Å². The number of aromatic nitrogens is 2. The Morgan fingerprint density at radius 3 is 2.88 bits per heavy atom. The van der Waals surface area contributed by atoms with Crippen molar-refractivity contribution in [2.75, 3.05) is 13.2 Å². The van der Waals surface area contributed by atoms with Gasteiger partial charge in [0.1, 0.15) is 22.9 Å². The number of nitriles is 1. The molecular weight excluding hydrogens is 316 g/mol. The van der Waals surface area contributed by atoms with Crippen LogP contribution in [0.1, 0.15) is 43.2 Å². The Morgan fingerprint density at radius 2 is 2.16 bits per heavy atom. The van der Waals surface area contributed by atoms with Crippen molar-refractivity contribution in [3.63, 3.8) is 0 Å². The van der Waals surface area contributed by atoms with Crippen molar-refractivity contribution in [2.24, 2.45) is 5.73 Å². The second kappa shape index (κ2) is 6.87. The normalized spacial score (nSPS) is 23.9. The van der Waals surface area contributed by atoms with Crippen LogP contribution < -0.4 is 10.5 Å². The minimum atomic E-state index is 0.143. The number of fused-ring (bicyclic) bond motifs is 1. The minimum Gasteiger partial charge on any atom is -0.488 e. The third-order valence-corrected chi connectivity index (χ3v) is 5.04. The zero-order valence-electron chi connectivity index (χ0n) is 14.1. The molecule has 1 aliphatic heterocycles. The molecule has 6 heteroatoms. The van der Waals surface area contributed by atoms with Gasteiger partial charge < -0.3 is 15.2 Å². The van der Waals surface area contributed by atoms with Crippen LogP contribution in [0.15, 0.2) is 24.5 Å². The lowest BCUT2D eigenvalue weighted by Gasteiger charge is -2.27. The largest absolute Gasteiger partial charge is 0.488 e. The van der Waals surface area contributed by atoms with Gasteiger partial charge in [-0.05, 0) is 49.3 Å². The molecule has 1 fully saturated rings. The van der Waals surface area contributed by atoms with Crippen molar-refractivity contribution in [1.29, 1.82) is 5.26 Å². The fourth-order valence-corrected chi connectivity index (χ4v) is 3.61. The molecule has 1 aliphatic carbocycles. The van der Waals surface area contributed by atoms with E-state index in [-0.39, 0.29) is 12.1 Å². The molecule has 0 bridgehead atoms. The second-order valence-corrected chi connectivity index (χ2v) is 6.77. The van der Waals surface area contributed by atoms with Crippen LogP contribution in [0, 0.1) is 11.3 Å². The Labute approximate surface area is 146 Å². The van der Waals surface area contributed by atoms with Crippen molar-refractivity contribution < 1.29 is 9.47 Å². The first kappa shape index (κ1) is 16.1. The Hall–Kier alpha value is -2.36. The maximum absolute atomic E-state index is 9.40. The van der Waals surface area contributed by atoms with E-state index in [2.05, 4.69) is 17.2 Å². The number of rotatable bonds is 3. The van der Waals surface area contributed by atoms with Crippen LogP contribution in [-0.4, -0.2) is 35.0 Å². The van der Waals surface area contributed by atoms with Gasteiger partial charge in [0.25, 0.3) is 0 Å². The van der Waals surface area contributed by atoms with E-state index in [1.54, 1.807) is 10.7 Å². The Kier molecular flexibility index (Phi) is 4.43. The number of nitrogens with zero attached hydrogens (tertiary/aromatic N) is 3. The van der Waals surface area contributed by atoms with Crippen molar-refractivity contribution in [1.82, 2.24) is 9.61 Å². The summed E-state index contributed by atoms with van der Waals surface area (Å²) in [6.07, 6.45) is 10.5. The molecule has 0 atom stereocenters. The lowest BCUT2D eigenvalue weighted by atomic mass is 9.93. The predicted octanol–water partition coefficient (Wildman–Crippen LogP) is 2.66. The molecule has 2 aromatic heterocycles. The summed E-state index contributed by atoms with van der Waals surface area (Å²) in [6, 6.07) is 4.54. The Bertz CT molecular complexity index is 841. The van der Waals surface area contributed by atoms with Gasteiger partial charge in [0.2, 0.25) is 0 Å².